The number of hydrogen-bond donors (Lipinski definition) is 1. The van der Waals surface area contributed by atoms with Crippen molar-refractivity contribution >= 4 is 23.9 Å². The maximum atomic E-state index is 0. The van der Waals surface area contributed by atoms with E-state index in [1.807, 2.05) is 0 Å². The minimum absolute atomic E-state index is 0. The molecule has 4 heavy (non-hydrogen) atoms. The van der Waals surface area contributed by atoms with Crippen LogP contribution in [-0.2, 0) is 0 Å². The second-order valence-electron chi connectivity index (χ2n) is 0. The Kier molecular flexibility index (Phi) is 2560. The molecule has 0 spiro atoms. The number of rotatable bonds is 0. The molecule has 30 valence electrons. The maximum absolute atomic E-state index is 0. The molecule has 0 aliphatic carbocycles. The van der Waals surface area contributed by atoms with Crippen LogP contribution in [0.3, 0.4) is 0 Å². The molecule has 0 aromatic carbocycles. The summed E-state index contributed by atoms with van der Waals surface area (Å²) >= 11 is 0. The third-order valence-corrected chi connectivity index (χ3v) is 0. The number of halogens is 2. The van der Waals surface area contributed by atoms with Crippen molar-refractivity contribution in [1.82, 2.24) is 6.15 Å². The van der Waals surface area contributed by atoms with Crippen LogP contribution in [-0.4, -0.2) is 23.9 Å². The van der Waals surface area contributed by atoms with E-state index in [0.717, 1.165) is 0 Å². The average Bonchev–Trinajstić information content (AvgIpc) is 0. The standard InChI is InChI=1S/2FH.H3N.Sn.2H/h2*1H;1H3;;;. The Labute approximate surface area is 40.0 Å². The van der Waals surface area contributed by atoms with Gasteiger partial charge in [0.05, 0.1) is 0 Å². The Balaban J connectivity index is 0. The zero-order chi connectivity index (χ0) is 0. The van der Waals surface area contributed by atoms with Crippen LogP contribution in [0.2, 0.25) is 0 Å². The normalized spacial score (nSPS) is 0. The summed E-state index contributed by atoms with van der Waals surface area (Å²) < 4.78 is 0. The Hall–Kier alpha value is 0.619. The molecule has 1 nitrogen and oxygen atoms in total. The second-order valence-corrected chi connectivity index (χ2v) is 0. The van der Waals surface area contributed by atoms with E-state index in [-0.39, 0.29) is 39.5 Å². The predicted octanol–water partition coefficient (Wildman–Crippen LogP) is -0.449. The van der Waals surface area contributed by atoms with Crippen molar-refractivity contribution in [3.8, 4) is 0 Å². The average molecular weight is 178 g/mol. The molecule has 3 N–H and O–H groups in total. The van der Waals surface area contributed by atoms with Crippen LogP contribution in [0.25, 0.3) is 0 Å². The molecule has 0 saturated carbocycles. The third-order valence-electron chi connectivity index (χ3n) is 0. The molecule has 0 heterocycles. The van der Waals surface area contributed by atoms with Crippen molar-refractivity contribution in [2.24, 2.45) is 0 Å². The van der Waals surface area contributed by atoms with Gasteiger partial charge >= 0.3 is 23.9 Å². The first kappa shape index (κ1) is 158. The van der Waals surface area contributed by atoms with E-state index in [4.69, 9.17) is 0 Å². The molecule has 0 fully saturated rings. The van der Waals surface area contributed by atoms with Gasteiger partial charge in [0.15, 0.2) is 0 Å². The van der Waals surface area contributed by atoms with Gasteiger partial charge in [-0.1, -0.05) is 0 Å². The second kappa shape index (κ2) is 64.8. The first-order valence-corrected chi connectivity index (χ1v) is 0. The van der Waals surface area contributed by atoms with Gasteiger partial charge in [0.25, 0.3) is 0 Å². The quantitative estimate of drug-likeness (QED) is 0.500. The van der Waals surface area contributed by atoms with Crippen LogP contribution in [0.15, 0.2) is 0 Å². The van der Waals surface area contributed by atoms with Gasteiger partial charge < -0.3 is 6.15 Å². The summed E-state index contributed by atoms with van der Waals surface area (Å²) in [7, 11) is 0. The molecule has 0 amide bonds. The van der Waals surface area contributed by atoms with Gasteiger partial charge in [-0.15, -0.1) is 0 Å². The van der Waals surface area contributed by atoms with Crippen molar-refractivity contribution in [2.45, 2.75) is 0 Å². The van der Waals surface area contributed by atoms with E-state index < -0.39 is 0 Å². The van der Waals surface area contributed by atoms with Gasteiger partial charge in [0.2, 0.25) is 0 Å². The summed E-state index contributed by atoms with van der Waals surface area (Å²) in [5.41, 5.74) is 0. The minimum atomic E-state index is 0. The zero-order valence-corrected chi connectivity index (χ0v) is 6.27. The van der Waals surface area contributed by atoms with Crippen molar-refractivity contribution in [3.05, 3.63) is 0 Å². The fourth-order valence-electron chi connectivity index (χ4n) is 0. The summed E-state index contributed by atoms with van der Waals surface area (Å²) in [5.74, 6) is 0. The van der Waals surface area contributed by atoms with Gasteiger partial charge in [-0.05, 0) is 0 Å². The monoisotopic (exact) mass is 179 g/mol. The summed E-state index contributed by atoms with van der Waals surface area (Å²) in [4.78, 5) is 0. The Bertz CT molecular complexity index is 6.00. The Morgan fingerprint density at radius 2 is 0.750 bits per heavy atom. The number of hydrogen-bond acceptors (Lipinski definition) is 1. The Morgan fingerprint density at radius 1 is 0.750 bits per heavy atom. The van der Waals surface area contributed by atoms with Crippen molar-refractivity contribution in [3.63, 3.8) is 0 Å². The molecular formula is H7F2NSn. The predicted molar refractivity (Wildman–Crippen MR) is 18.6 cm³/mol. The van der Waals surface area contributed by atoms with Crippen LogP contribution >= 0.6 is 0 Å². The summed E-state index contributed by atoms with van der Waals surface area (Å²) in [6, 6.07) is 0. The van der Waals surface area contributed by atoms with Crippen LogP contribution in [0.4, 0.5) is 9.41 Å². The van der Waals surface area contributed by atoms with Crippen LogP contribution in [0, 0.1) is 0 Å². The van der Waals surface area contributed by atoms with Gasteiger partial charge in [-0.3, -0.25) is 9.41 Å². The molecule has 0 aliphatic rings. The fourth-order valence-corrected chi connectivity index (χ4v) is 0. The van der Waals surface area contributed by atoms with Crippen molar-refractivity contribution in [2.75, 3.05) is 0 Å². The van der Waals surface area contributed by atoms with Crippen LogP contribution in [0.5, 0.6) is 0 Å². The third kappa shape index (κ3) is 17.9. The molecule has 0 aromatic heterocycles. The van der Waals surface area contributed by atoms with Gasteiger partial charge in [-0.2, -0.15) is 0 Å². The van der Waals surface area contributed by atoms with Crippen LogP contribution < -0.4 is 6.15 Å². The van der Waals surface area contributed by atoms with E-state index >= 15 is 0 Å². The molecule has 0 bridgehead atoms. The molecule has 0 aliphatic heterocycles. The van der Waals surface area contributed by atoms with E-state index in [0.29, 0.717) is 0 Å². The SMILES string of the molecule is F.F.N.[SnH2]. The zero-order valence-electron chi connectivity index (χ0n) is 2.23. The van der Waals surface area contributed by atoms with E-state index in [1.165, 1.54) is 0 Å². The summed E-state index contributed by atoms with van der Waals surface area (Å²) in [6.07, 6.45) is 0. The molecule has 0 unspecified atom stereocenters. The Morgan fingerprint density at radius 3 is 0.750 bits per heavy atom. The van der Waals surface area contributed by atoms with Crippen LogP contribution in [0.1, 0.15) is 0 Å². The van der Waals surface area contributed by atoms with Gasteiger partial charge in [-0.25, -0.2) is 0 Å². The fraction of sp³-hybridized carbons (Fsp3) is 0. The van der Waals surface area contributed by atoms with Crippen molar-refractivity contribution < 1.29 is 9.41 Å². The summed E-state index contributed by atoms with van der Waals surface area (Å²) in [5, 5.41) is 0. The van der Waals surface area contributed by atoms with Gasteiger partial charge in [0, 0.05) is 0 Å². The molecule has 0 saturated heterocycles. The topological polar surface area (TPSA) is 35.0 Å². The molecule has 0 atom stereocenters. The molecule has 2 radical (unpaired) electrons. The summed E-state index contributed by atoms with van der Waals surface area (Å²) in [6.45, 7) is 0. The van der Waals surface area contributed by atoms with Gasteiger partial charge in [0.1, 0.15) is 0 Å². The van der Waals surface area contributed by atoms with E-state index in [1.54, 1.807) is 0 Å². The molecule has 0 rings (SSSR count). The van der Waals surface area contributed by atoms with E-state index in [9.17, 15) is 0 Å². The van der Waals surface area contributed by atoms with Crippen molar-refractivity contribution in [1.29, 1.82) is 0 Å². The first-order chi connectivity index (χ1) is 0. The molecular weight excluding hydrogens is 171 g/mol. The molecule has 4 heteroatoms. The van der Waals surface area contributed by atoms with E-state index in [2.05, 4.69) is 0 Å². The first-order valence-electron chi connectivity index (χ1n) is 0. The molecule has 0 aromatic rings.